The van der Waals surface area contributed by atoms with Gasteiger partial charge in [-0.1, -0.05) is 0 Å². The zero-order valence-electron chi connectivity index (χ0n) is 12.9. The third kappa shape index (κ3) is 5.49. The van der Waals surface area contributed by atoms with Crippen molar-refractivity contribution in [3.05, 3.63) is 24.2 Å². The molecule has 0 unspecified atom stereocenters. The number of hydrogen-bond donors (Lipinski definition) is 1. The van der Waals surface area contributed by atoms with Crippen LogP contribution in [0.25, 0.3) is 0 Å². The summed E-state index contributed by atoms with van der Waals surface area (Å²) in [4.78, 5) is 26.6. The van der Waals surface area contributed by atoms with Crippen molar-refractivity contribution in [3.63, 3.8) is 0 Å². The minimum atomic E-state index is -0.839. The number of carboxylic acids is 1. The normalized spacial score (nSPS) is 10.7. The Bertz CT molecular complexity index is 443. The molecule has 21 heavy (non-hydrogen) atoms. The van der Waals surface area contributed by atoms with Gasteiger partial charge in [0, 0.05) is 25.6 Å². The van der Waals surface area contributed by atoms with Crippen LogP contribution >= 0.6 is 0 Å². The minimum Gasteiger partial charge on any atom is -0.481 e. The van der Waals surface area contributed by atoms with Crippen molar-refractivity contribution in [1.29, 1.82) is 0 Å². The van der Waals surface area contributed by atoms with Gasteiger partial charge in [-0.15, -0.1) is 0 Å². The molecule has 1 aromatic rings. The predicted octanol–water partition coefficient (Wildman–Crippen LogP) is 2.80. The number of urea groups is 1. The third-order valence-corrected chi connectivity index (χ3v) is 3.24. The van der Waals surface area contributed by atoms with Crippen LogP contribution in [0.3, 0.4) is 0 Å². The molecule has 0 spiro atoms. The molecule has 2 amide bonds. The van der Waals surface area contributed by atoms with E-state index < -0.39 is 5.97 Å². The topological polar surface area (TPSA) is 74.0 Å². The second-order valence-corrected chi connectivity index (χ2v) is 5.16. The van der Waals surface area contributed by atoms with Crippen molar-refractivity contribution in [3.8, 4) is 0 Å². The lowest BCUT2D eigenvalue weighted by Gasteiger charge is -2.32. The molecule has 118 valence electrons. The molecular formula is C15H24N2O4. The Morgan fingerprint density at radius 3 is 2.57 bits per heavy atom. The Hall–Kier alpha value is -1.98. The standard InChI is InChI=1S/C15H24N2O4/c1-4-16(11-13-7-6-10-21-13)15(20)17(12(2)3)9-5-8-14(18)19/h6-7,10,12H,4-5,8-9,11H2,1-3H3,(H,18,19). The summed E-state index contributed by atoms with van der Waals surface area (Å²) in [5.74, 6) is -0.103. The van der Waals surface area contributed by atoms with Gasteiger partial charge >= 0.3 is 12.0 Å². The SMILES string of the molecule is CCN(Cc1ccco1)C(=O)N(CCCC(=O)O)C(C)C. The summed E-state index contributed by atoms with van der Waals surface area (Å²) in [5.41, 5.74) is 0. The zero-order valence-corrected chi connectivity index (χ0v) is 12.9. The molecule has 0 atom stereocenters. The van der Waals surface area contributed by atoms with E-state index in [2.05, 4.69) is 0 Å². The molecule has 0 aliphatic carbocycles. The highest BCUT2D eigenvalue weighted by molar-refractivity contribution is 5.74. The first-order valence-electron chi connectivity index (χ1n) is 7.25. The molecular weight excluding hydrogens is 272 g/mol. The number of furan rings is 1. The van der Waals surface area contributed by atoms with Crippen molar-refractivity contribution >= 4 is 12.0 Å². The Morgan fingerprint density at radius 1 is 1.38 bits per heavy atom. The fraction of sp³-hybridized carbons (Fsp3) is 0.600. The lowest BCUT2D eigenvalue weighted by atomic mass is 10.2. The number of aliphatic carboxylic acids is 1. The molecule has 1 aromatic heterocycles. The number of amides is 2. The van der Waals surface area contributed by atoms with Gasteiger partial charge in [-0.25, -0.2) is 4.79 Å². The van der Waals surface area contributed by atoms with Crippen LogP contribution in [0.2, 0.25) is 0 Å². The van der Waals surface area contributed by atoms with Gasteiger partial charge in [-0.2, -0.15) is 0 Å². The Labute approximate surface area is 125 Å². The van der Waals surface area contributed by atoms with Gasteiger partial charge in [0.05, 0.1) is 12.8 Å². The number of carbonyl (C=O) groups is 2. The summed E-state index contributed by atoms with van der Waals surface area (Å²) in [7, 11) is 0. The molecule has 0 aliphatic heterocycles. The first kappa shape index (κ1) is 17.1. The Kier molecular flexibility index (Phi) is 6.78. The van der Waals surface area contributed by atoms with E-state index in [9.17, 15) is 9.59 Å². The highest BCUT2D eigenvalue weighted by atomic mass is 16.4. The summed E-state index contributed by atoms with van der Waals surface area (Å²) >= 11 is 0. The van der Waals surface area contributed by atoms with E-state index in [0.717, 1.165) is 5.76 Å². The molecule has 0 aliphatic rings. The maximum absolute atomic E-state index is 12.6. The van der Waals surface area contributed by atoms with Crippen LogP contribution in [0, 0.1) is 0 Å². The second-order valence-electron chi connectivity index (χ2n) is 5.16. The zero-order chi connectivity index (χ0) is 15.8. The van der Waals surface area contributed by atoms with Crippen LogP contribution in [0.15, 0.2) is 22.8 Å². The van der Waals surface area contributed by atoms with Crippen LogP contribution in [0.4, 0.5) is 4.79 Å². The van der Waals surface area contributed by atoms with Crippen LogP contribution < -0.4 is 0 Å². The summed E-state index contributed by atoms with van der Waals surface area (Å²) in [6.45, 7) is 7.21. The number of carboxylic acid groups (broad SMARTS) is 1. The molecule has 1 rings (SSSR count). The Morgan fingerprint density at radius 2 is 2.10 bits per heavy atom. The van der Waals surface area contributed by atoms with E-state index in [1.54, 1.807) is 22.1 Å². The van der Waals surface area contributed by atoms with Crippen molar-refractivity contribution in [2.24, 2.45) is 0 Å². The monoisotopic (exact) mass is 296 g/mol. The predicted molar refractivity (Wildman–Crippen MR) is 78.9 cm³/mol. The fourth-order valence-corrected chi connectivity index (χ4v) is 2.06. The van der Waals surface area contributed by atoms with Gasteiger partial charge in [0.15, 0.2) is 0 Å². The summed E-state index contributed by atoms with van der Waals surface area (Å²) < 4.78 is 5.28. The summed E-state index contributed by atoms with van der Waals surface area (Å²) in [6.07, 6.45) is 2.11. The lowest BCUT2D eigenvalue weighted by Crippen LogP contribution is -2.46. The smallest absolute Gasteiger partial charge is 0.320 e. The van der Waals surface area contributed by atoms with Gasteiger partial charge in [-0.05, 0) is 39.3 Å². The molecule has 1 heterocycles. The van der Waals surface area contributed by atoms with Crippen LogP contribution in [-0.2, 0) is 11.3 Å². The first-order valence-corrected chi connectivity index (χ1v) is 7.25. The van der Waals surface area contributed by atoms with Gasteiger partial charge in [0.2, 0.25) is 0 Å². The van der Waals surface area contributed by atoms with Gasteiger partial charge in [-0.3, -0.25) is 4.79 Å². The van der Waals surface area contributed by atoms with E-state index in [-0.39, 0.29) is 18.5 Å². The first-order chi connectivity index (χ1) is 9.95. The maximum atomic E-state index is 12.6. The lowest BCUT2D eigenvalue weighted by molar-refractivity contribution is -0.137. The quantitative estimate of drug-likeness (QED) is 0.800. The van der Waals surface area contributed by atoms with Gasteiger partial charge < -0.3 is 19.3 Å². The van der Waals surface area contributed by atoms with E-state index in [4.69, 9.17) is 9.52 Å². The number of nitrogens with zero attached hydrogens (tertiary/aromatic N) is 2. The molecule has 0 aromatic carbocycles. The average Bonchev–Trinajstić information content (AvgIpc) is 2.92. The van der Waals surface area contributed by atoms with Crippen molar-refractivity contribution in [2.45, 2.75) is 46.2 Å². The molecule has 1 N–H and O–H groups in total. The summed E-state index contributed by atoms with van der Waals surface area (Å²) in [6, 6.07) is 3.56. The maximum Gasteiger partial charge on any atom is 0.320 e. The highest BCUT2D eigenvalue weighted by Crippen LogP contribution is 2.11. The number of carbonyl (C=O) groups excluding carboxylic acids is 1. The van der Waals surface area contributed by atoms with Gasteiger partial charge in [0.25, 0.3) is 0 Å². The second kappa shape index (κ2) is 8.34. The minimum absolute atomic E-state index is 0.0249. The molecule has 0 radical (unpaired) electrons. The molecule has 6 heteroatoms. The largest absolute Gasteiger partial charge is 0.481 e. The van der Waals surface area contributed by atoms with Crippen LogP contribution in [0.1, 0.15) is 39.4 Å². The van der Waals surface area contributed by atoms with E-state index >= 15 is 0 Å². The van der Waals surface area contributed by atoms with Crippen molar-refractivity contribution in [2.75, 3.05) is 13.1 Å². The van der Waals surface area contributed by atoms with Crippen molar-refractivity contribution < 1.29 is 19.1 Å². The third-order valence-electron chi connectivity index (χ3n) is 3.24. The van der Waals surface area contributed by atoms with Crippen molar-refractivity contribution in [1.82, 2.24) is 9.80 Å². The van der Waals surface area contributed by atoms with Crippen LogP contribution in [0.5, 0.6) is 0 Å². The van der Waals surface area contributed by atoms with Crippen LogP contribution in [-0.4, -0.2) is 46.0 Å². The van der Waals surface area contributed by atoms with E-state index in [1.807, 2.05) is 26.8 Å². The molecule has 6 nitrogen and oxygen atoms in total. The van der Waals surface area contributed by atoms with E-state index in [1.165, 1.54) is 0 Å². The highest BCUT2D eigenvalue weighted by Gasteiger charge is 2.22. The molecule has 0 saturated carbocycles. The Balaban J connectivity index is 2.65. The summed E-state index contributed by atoms with van der Waals surface area (Å²) in [5, 5.41) is 8.70. The van der Waals surface area contributed by atoms with E-state index in [0.29, 0.717) is 26.1 Å². The van der Waals surface area contributed by atoms with Gasteiger partial charge in [0.1, 0.15) is 5.76 Å². The molecule has 0 bridgehead atoms. The fourth-order valence-electron chi connectivity index (χ4n) is 2.06. The molecule has 0 fully saturated rings. The molecule has 0 saturated heterocycles. The number of rotatable bonds is 8. The average molecular weight is 296 g/mol. The number of hydrogen-bond acceptors (Lipinski definition) is 3.